The van der Waals surface area contributed by atoms with E-state index in [9.17, 15) is 34.5 Å². The van der Waals surface area contributed by atoms with Crippen molar-refractivity contribution in [3.05, 3.63) is 29.8 Å². The summed E-state index contributed by atoms with van der Waals surface area (Å²) in [5, 5.41) is 35.0. The lowest BCUT2D eigenvalue weighted by Gasteiger charge is -2.22. The average Bonchev–Trinajstić information content (AvgIpc) is 2.79. The summed E-state index contributed by atoms with van der Waals surface area (Å²) in [6.07, 6.45) is 0.427. The van der Waals surface area contributed by atoms with Crippen LogP contribution in [0.25, 0.3) is 0 Å². The Morgan fingerprint density at radius 2 is 1.57 bits per heavy atom. The number of nitrogens with zero attached hydrogens (tertiary/aromatic N) is 1. The highest BCUT2D eigenvalue weighted by Crippen LogP contribution is 2.11. The van der Waals surface area contributed by atoms with E-state index in [4.69, 9.17) is 17.2 Å². The van der Waals surface area contributed by atoms with Gasteiger partial charge in [0.1, 0.15) is 23.9 Å². The van der Waals surface area contributed by atoms with Gasteiger partial charge in [0, 0.05) is 6.54 Å². The molecule has 0 aliphatic rings. The maximum atomic E-state index is 12.4. The second-order valence-electron chi connectivity index (χ2n) is 7.80. The van der Waals surface area contributed by atoms with Crippen LogP contribution >= 0.6 is 0 Å². The summed E-state index contributed by atoms with van der Waals surface area (Å²) in [7, 11) is 0. The van der Waals surface area contributed by atoms with Crippen molar-refractivity contribution in [2.45, 2.75) is 50.4 Å². The molecule has 12 N–H and O–H groups in total. The van der Waals surface area contributed by atoms with Gasteiger partial charge in [-0.3, -0.25) is 19.4 Å². The molecule has 0 aromatic heterocycles. The third-order valence-corrected chi connectivity index (χ3v) is 4.86. The van der Waals surface area contributed by atoms with Crippen LogP contribution in [0.2, 0.25) is 0 Å². The Bertz CT molecular complexity index is 904. The Balaban J connectivity index is 2.61. The number of guanidine groups is 1. The third kappa shape index (κ3) is 10.7. The molecular formula is C21H33N7O7. The second-order valence-corrected chi connectivity index (χ2v) is 7.80. The van der Waals surface area contributed by atoms with E-state index in [0.29, 0.717) is 5.56 Å². The molecule has 0 bridgehead atoms. The molecule has 0 saturated heterocycles. The minimum absolute atomic E-state index is 0.00925. The molecule has 14 heteroatoms. The van der Waals surface area contributed by atoms with Crippen LogP contribution in [-0.2, 0) is 25.6 Å². The summed E-state index contributed by atoms with van der Waals surface area (Å²) in [6, 6.07) is 1.28. The largest absolute Gasteiger partial charge is 0.508 e. The van der Waals surface area contributed by atoms with E-state index in [-0.39, 0.29) is 37.5 Å². The number of carboxylic acids is 1. The predicted octanol–water partition coefficient (Wildman–Crippen LogP) is -3.13. The smallest absolute Gasteiger partial charge is 0.326 e. The fourth-order valence-corrected chi connectivity index (χ4v) is 2.89. The molecule has 0 radical (unpaired) electrons. The molecule has 1 rings (SSSR count). The highest BCUT2D eigenvalue weighted by molar-refractivity contribution is 5.94. The number of nitrogens with one attached hydrogen (secondary N) is 3. The Labute approximate surface area is 201 Å². The zero-order valence-electron chi connectivity index (χ0n) is 19.3. The molecule has 194 valence electrons. The van der Waals surface area contributed by atoms with Crippen LogP contribution in [0, 0.1) is 0 Å². The molecule has 35 heavy (non-hydrogen) atoms. The number of benzene rings is 1. The molecule has 0 heterocycles. The average molecular weight is 496 g/mol. The summed E-state index contributed by atoms with van der Waals surface area (Å²) < 4.78 is 0. The van der Waals surface area contributed by atoms with Gasteiger partial charge in [-0.25, -0.2) is 4.79 Å². The van der Waals surface area contributed by atoms with Crippen LogP contribution in [0.15, 0.2) is 29.3 Å². The van der Waals surface area contributed by atoms with Crippen molar-refractivity contribution in [1.82, 2.24) is 16.0 Å². The number of carbonyl (C=O) groups excluding carboxylic acids is 3. The minimum Gasteiger partial charge on any atom is -0.508 e. The number of hydrogen-bond donors (Lipinski definition) is 9. The van der Waals surface area contributed by atoms with Crippen molar-refractivity contribution >= 4 is 29.7 Å². The first kappa shape index (κ1) is 29.1. The zero-order chi connectivity index (χ0) is 26.5. The normalized spacial score (nSPS) is 14.0. The lowest BCUT2D eigenvalue weighted by atomic mass is 10.1. The number of amides is 3. The summed E-state index contributed by atoms with van der Waals surface area (Å²) in [4.78, 5) is 52.3. The lowest BCUT2D eigenvalue weighted by molar-refractivity contribution is -0.142. The highest BCUT2D eigenvalue weighted by Gasteiger charge is 2.28. The van der Waals surface area contributed by atoms with Crippen LogP contribution in [0.1, 0.15) is 25.3 Å². The Hall–Kier alpha value is -3.91. The third-order valence-electron chi connectivity index (χ3n) is 4.86. The molecule has 4 unspecified atom stereocenters. The molecule has 14 nitrogen and oxygen atoms in total. The number of aliphatic carboxylic acids is 1. The van der Waals surface area contributed by atoms with Crippen molar-refractivity contribution in [3.63, 3.8) is 0 Å². The van der Waals surface area contributed by atoms with E-state index in [0.717, 1.165) is 0 Å². The quantitative estimate of drug-likeness (QED) is 0.0712. The van der Waals surface area contributed by atoms with Crippen LogP contribution in [0.3, 0.4) is 0 Å². The first-order valence-corrected chi connectivity index (χ1v) is 10.8. The number of carbonyl (C=O) groups is 4. The number of aliphatic imine (C=N–C) groups is 1. The number of phenols is 1. The van der Waals surface area contributed by atoms with Crippen LogP contribution in [0.5, 0.6) is 5.75 Å². The van der Waals surface area contributed by atoms with Crippen molar-refractivity contribution in [2.75, 3.05) is 13.2 Å². The van der Waals surface area contributed by atoms with Crippen LogP contribution in [-0.4, -0.2) is 82.3 Å². The SMILES string of the molecule is CC(NC(=O)C(N)Cc1ccc(O)cc1)C(=O)NC(CO)C(=O)NC(CCCN=C(N)N)C(=O)O. The maximum absolute atomic E-state index is 12.4. The van der Waals surface area contributed by atoms with E-state index in [1.165, 1.54) is 19.1 Å². The summed E-state index contributed by atoms with van der Waals surface area (Å²) >= 11 is 0. The summed E-state index contributed by atoms with van der Waals surface area (Å²) in [5.41, 5.74) is 17.0. The fourth-order valence-electron chi connectivity index (χ4n) is 2.89. The van der Waals surface area contributed by atoms with Gasteiger partial charge in [0.25, 0.3) is 0 Å². The zero-order valence-corrected chi connectivity index (χ0v) is 19.3. The Morgan fingerprint density at radius 3 is 2.11 bits per heavy atom. The van der Waals surface area contributed by atoms with Crippen LogP contribution < -0.4 is 33.2 Å². The van der Waals surface area contributed by atoms with Gasteiger partial charge in [0.15, 0.2) is 5.96 Å². The monoisotopic (exact) mass is 495 g/mol. The van der Waals surface area contributed by atoms with E-state index in [2.05, 4.69) is 20.9 Å². The number of aliphatic hydroxyl groups excluding tert-OH is 1. The molecule has 1 aromatic rings. The van der Waals surface area contributed by atoms with Gasteiger partial charge in [-0.1, -0.05) is 12.1 Å². The van der Waals surface area contributed by atoms with Gasteiger partial charge in [0.05, 0.1) is 12.6 Å². The summed E-state index contributed by atoms with van der Waals surface area (Å²) in [5.74, 6) is -3.72. The van der Waals surface area contributed by atoms with Crippen molar-refractivity contribution in [2.24, 2.45) is 22.2 Å². The molecule has 1 aromatic carbocycles. The number of nitrogens with two attached hydrogens (primary N) is 3. The Morgan fingerprint density at radius 1 is 0.971 bits per heavy atom. The van der Waals surface area contributed by atoms with Gasteiger partial charge in [-0.15, -0.1) is 0 Å². The topological polar surface area (TPSA) is 255 Å². The standard InChI is InChI=1S/C21H33N7O7/c1-11(26-18(32)14(22)9-12-4-6-13(30)7-5-12)17(31)28-16(10-29)19(33)27-15(20(34)35)3-2-8-25-21(23)24/h4-7,11,14-16,29-30H,2-3,8-10,22H2,1H3,(H,26,32)(H,27,33)(H,28,31)(H,34,35)(H4,23,24,25). The number of rotatable bonds is 14. The van der Waals surface area contributed by atoms with Gasteiger partial charge in [-0.2, -0.15) is 0 Å². The number of aromatic hydroxyl groups is 1. The van der Waals surface area contributed by atoms with Crippen molar-refractivity contribution in [3.8, 4) is 5.75 Å². The number of aliphatic hydroxyl groups is 1. The van der Waals surface area contributed by atoms with Crippen molar-refractivity contribution in [1.29, 1.82) is 0 Å². The summed E-state index contributed by atoms with van der Waals surface area (Å²) in [6.45, 7) is 0.712. The first-order valence-electron chi connectivity index (χ1n) is 10.8. The van der Waals surface area contributed by atoms with Gasteiger partial charge < -0.3 is 48.5 Å². The van der Waals surface area contributed by atoms with E-state index in [1.807, 2.05) is 0 Å². The van der Waals surface area contributed by atoms with E-state index in [1.54, 1.807) is 12.1 Å². The molecule has 0 spiro atoms. The highest BCUT2D eigenvalue weighted by atomic mass is 16.4. The van der Waals surface area contributed by atoms with E-state index < -0.39 is 54.5 Å². The molecule has 0 fully saturated rings. The minimum atomic E-state index is -1.45. The Kier molecular flexibility index (Phi) is 12.0. The van der Waals surface area contributed by atoms with Gasteiger partial charge in [-0.05, 0) is 43.9 Å². The van der Waals surface area contributed by atoms with Gasteiger partial charge >= 0.3 is 5.97 Å². The number of carboxylic acid groups (broad SMARTS) is 1. The molecule has 4 atom stereocenters. The molecule has 0 aliphatic heterocycles. The maximum Gasteiger partial charge on any atom is 0.326 e. The molecule has 0 saturated carbocycles. The molecule has 3 amide bonds. The lowest BCUT2D eigenvalue weighted by Crippen LogP contribution is -2.57. The van der Waals surface area contributed by atoms with Crippen molar-refractivity contribution < 1.29 is 34.5 Å². The second kappa shape index (κ2) is 14.4. The first-order chi connectivity index (χ1) is 16.4. The predicted molar refractivity (Wildman–Crippen MR) is 126 cm³/mol. The van der Waals surface area contributed by atoms with E-state index >= 15 is 0 Å². The van der Waals surface area contributed by atoms with Crippen LogP contribution in [0.4, 0.5) is 0 Å². The van der Waals surface area contributed by atoms with Gasteiger partial charge in [0.2, 0.25) is 17.7 Å². The molecule has 0 aliphatic carbocycles. The fraction of sp³-hybridized carbons (Fsp3) is 0.476. The number of hydrogen-bond acceptors (Lipinski definition) is 8. The number of phenolic OH excluding ortho intramolecular Hbond substituents is 1. The molecular weight excluding hydrogens is 462 g/mol.